The SMILES string of the molecule is CN1CCN(Cc2ccc(CN)cn2)CC1(C)C. The van der Waals surface area contributed by atoms with Gasteiger partial charge in [0.2, 0.25) is 0 Å². The minimum absolute atomic E-state index is 0.245. The molecule has 1 aliphatic rings. The van der Waals surface area contributed by atoms with E-state index in [0.717, 1.165) is 37.4 Å². The van der Waals surface area contributed by atoms with Crippen LogP contribution in [0.1, 0.15) is 25.1 Å². The van der Waals surface area contributed by atoms with E-state index in [0.29, 0.717) is 6.54 Å². The Morgan fingerprint density at radius 2 is 2.11 bits per heavy atom. The van der Waals surface area contributed by atoms with Crippen LogP contribution in [-0.4, -0.2) is 47.0 Å². The number of piperazine rings is 1. The number of hydrogen-bond acceptors (Lipinski definition) is 4. The topological polar surface area (TPSA) is 45.4 Å². The maximum Gasteiger partial charge on any atom is 0.0544 e. The summed E-state index contributed by atoms with van der Waals surface area (Å²) in [6.07, 6.45) is 1.89. The van der Waals surface area contributed by atoms with Crippen LogP contribution < -0.4 is 5.73 Å². The average molecular weight is 248 g/mol. The Labute approximate surface area is 110 Å². The number of nitrogens with two attached hydrogens (primary N) is 1. The second-order valence-electron chi connectivity index (χ2n) is 5.81. The van der Waals surface area contributed by atoms with E-state index in [2.05, 4.69) is 47.8 Å². The molecule has 1 aromatic rings. The van der Waals surface area contributed by atoms with Crippen LogP contribution in [0.4, 0.5) is 0 Å². The maximum absolute atomic E-state index is 5.58. The van der Waals surface area contributed by atoms with Crippen LogP contribution in [0.15, 0.2) is 18.3 Å². The van der Waals surface area contributed by atoms with Crippen LogP contribution in [0.5, 0.6) is 0 Å². The van der Waals surface area contributed by atoms with E-state index in [4.69, 9.17) is 5.73 Å². The molecule has 0 amide bonds. The lowest BCUT2D eigenvalue weighted by molar-refractivity contribution is 0.0354. The van der Waals surface area contributed by atoms with Gasteiger partial charge >= 0.3 is 0 Å². The Morgan fingerprint density at radius 3 is 2.67 bits per heavy atom. The number of rotatable bonds is 3. The van der Waals surface area contributed by atoms with Crippen LogP contribution in [0.3, 0.4) is 0 Å². The van der Waals surface area contributed by atoms with Gasteiger partial charge in [0, 0.05) is 44.5 Å². The van der Waals surface area contributed by atoms with Crippen molar-refractivity contribution in [3.63, 3.8) is 0 Å². The van der Waals surface area contributed by atoms with Crippen molar-refractivity contribution in [3.8, 4) is 0 Å². The van der Waals surface area contributed by atoms with Gasteiger partial charge in [-0.25, -0.2) is 0 Å². The Balaban J connectivity index is 1.97. The summed E-state index contributed by atoms with van der Waals surface area (Å²) >= 11 is 0. The summed E-state index contributed by atoms with van der Waals surface area (Å²) in [5.41, 5.74) is 8.05. The van der Waals surface area contributed by atoms with E-state index < -0.39 is 0 Å². The number of likely N-dealkylation sites (N-methyl/N-ethyl adjacent to an activating group) is 1. The van der Waals surface area contributed by atoms with Crippen molar-refractivity contribution in [3.05, 3.63) is 29.6 Å². The van der Waals surface area contributed by atoms with E-state index in [9.17, 15) is 0 Å². The molecule has 0 aromatic carbocycles. The zero-order chi connectivity index (χ0) is 13.2. The highest BCUT2D eigenvalue weighted by atomic mass is 15.3. The maximum atomic E-state index is 5.58. The molecular formula is C14H24N4. The van der Waals surface area contributed by atoms with Crippen molar-refractivity contribution in [2.75, 3.05) is 26.7 Å². The smallest absolute Gasteiger partial charge is 0.0544 e. The molecule has 0 bridgehead atoms. The molecular weight excluding hydrogens is 224 g/mol. The summed E-state index contributed by atoms with van der Waals surface area (Å²) < 4.78 is 0. The largest absolute Gasteiger partial charge is 0.326 e. The normalized spacial score (nSPS) is 21.1. The van der Waals surface area contributed by atoms with Gasteiger partial charge in [-0.2, -0.15) is 0 Å². The predicted octanol–water partition coefficient (Wildman–Crippen LogP) is 1.07. The summed E-state index contributed by atoms with van der Waals surface area (Å²) in [6, 6.07) is 4.16. The van der Waals surface area contributed by atoms with Gasteiger partial charge in [-0.3, -0.25) is 14.8 Å². The molecule has 0 radical (unpaired) electrons. The standard InChI is InChI=1S/C14H24N4/c1-14(2)11-18(7-6-17(14)3)10-13-5-4-12(8-15)9-16-13/h4-5,9H,6-8,10-11,15H2,1-3H3. The molecule has 100 valence electrons. The van der Waals surface area contributed by atoms with Gasteiger partial charge in [-0.05, 0) is 32.5 Å². The minimum Gasteiger partial charge on any atom is -0.326 e. The number of hydrogen-bond donors (Lipinski definition) is 1. The van der Waals surface area contributed by atoms with Crippen LogP contribution in [0.2, 0.25) is 0 Å². The van der Waals surface area contributed by atoms with E-state index in [1.165, 1.54) is 0 Å². The van der Waals surface area contributed by atoms with E-state index in [-0.39, 0.29) is 5.54 Å². The summed E-state index contributed by atoms with van der Waals surface area (Å²) in [5.74, 6) is 0. The molecule has 0 saturated carbocycles. The zero-order valence-corrected chi connectivity index (χ0v) is 11.7. The van der Waals surface area contributed by atoms with Crippen molar-refractivity contribution >= 4 is 0 Å². The van der Waals surface area contributed by atoms with Gasteiger partial charge in [0.15, 0.2) is 0 Å². The fourth-order valence-electron chi connectivity index (χ4n) is 2.37. The highest BCUT2D eigenvalue weighted by molar-refractivity contribution is 5.13. The number of nitrogens with zero attached hydrogens (tertiary/aromatic N) is 3. The molecule has 2 rings (SSSR count). The first-order valence-corrected chi connectivity index (χ1v) is 6.59. The Kier molecular flexibility index (Phi) is 4.00. The first-order chi connectivity index (χ1) is 8.51. The molecule has 2 N–H and O–H groups in total. The molecule has 2 heterocycles. The van der Waals surface area contributed by atoms with E-state index in [1.807, 2.05) is 6.20 Å². The molecule has 18 heavy (non-hydrogen) atoms. The van der Waals surface area contributed by atoms with Crippen molar-refractivity contribution < 1.29 is 0 Å². The Morgan fingerprint density at radius 1 is 1.33 bits per heavy atom. The van der Waals surface area contributed by atoms with Gasteiger partial charge in [0.1, 0.15) is 0 Å². The molecule has 0 aliphatic carbocycles. The molecule has 1 saturated heterocycles. The number of aromatic nitrogens is 1. The third-order valence-electron chi connectivity index (χ3n) is 3.90. The van der Waals surface area contributed by atoms with Crippen LogP contribution in [0.25, 0.3) is 0 Å². The molecule has 0 spiro atoms. The van der Waals surface area contributed by atoms with Crippen molar-refractivity contribution in [1.29, 1.82) is 0 Å². The van der Waals surface area contributed by atoms with Gasteiger partial charge in [-0.1, -0.05) is 6.07 Å². The van der Waals surface area contributed by atoms with Gasteiger partial charge < -0.3 is 5.73 Å². The zero-order valence-electron chi connectivity index (χ0n) is 11.7. The van der Waals surface area contributed by atoms with Crippen LogP contribution in [0, 0.1) is 0 Å². The highest BCUT2D eigenvalue weighted by Gasteiger charge is 2.30. The molecule has 1 fully saturated rings. The third-order valence-corrected chi connectivity index (χ3v) is 3.90. The summed E-state index contributed by atoms with van der Waals surface area (Å²) in [6.45, 7) is 9.41. The molecule has 1 aliphatic heterocycles. The summed E-state index contributed by atoms with van der Waals surface area (Å²) in [7, 11) is 2.20. The lowest BCUT2D eigenvalue weighted by atomic mass is 9.99. The van der Waals surface area contributed by atoms with Crippen LogP contribution in [-0.2, 0) is 13.1 Å². The second kappa shape index (κ2) is 5.34. The summed E-state index contributed by atoms with van der Waals surface area (Å²) in [5, 5.41) is 0. The molecule has 4 nitrogen and oxygen atoms in total. The van der Waals surface area contributed by atoms with Gasteiger partial charge in [-0.15, -0.1) is 0 Å². The van der Waals surface area contributed by atoms with E-state index >= 15 is 0 Å². The van der Waals surface area contributed by atoms with Crippen LogP contribution >= 0.6 is 0 Å². The Bertz CT molecular complexity index is 385. The predicted molar refractivity (Wildman–Crippen MR) is 74.1 cm³/mol. The number of pyridine rings is 1. The lowest BCUT2D eigenvalue weighted by Gasteiger charge is -2.45. The molecule has 1 aromatic heterocycles. The first kappa shape index (κ1) is 13.5. The Hall–Kier alpha value is -0.970. The summed E-state index contributed by atoms with van der Waals surface area (Å²) in [4.78, 5) is 9.38. The molecule has 4 heteroatoms. The molecule has 0 unspecified atom stereocenters. The fourth-order valence-corrected chi connectivity index (χ4v) is 2.37. The molecule has 0 atom stereocenters. The van der Waals surface area contributed by atoms with Gasteiger partial charge in [0.05, 0.1) is 5.69 Å². The monoisotopic (exact) mass is 248 g/mol. The first-order valence-electron chi connectivity index (χ1n) is 6.59. The average Bonchev–Trinajstić information content (AvgIpc) is 2.34. The second-order valence-corrected chi connectivity index (χ2v) is 5.81. The highest BCUT2D eigenvalue weighted by Crippen LogP contribution is 2.19. The van der Waals surface area contributed by atoms with Gasteiger partial charge in [0.25, 0.3) is 0 Å². The van der Waals surface area contributed by atoms with E-state index in [1.54, 1.807) is 0 Å². The fraction of sp³-hybridized carbons (Fsp3) is 0.643. The van der Waals surface area contributed by atoms with Crippen molar-refractivity contribution in [2.45, 2.75) is 32.5 Å². The van der Waals surface area contributed by atoms with Crippen molar-refractivity contribution in [2.24, 2.45) is 5.73 Å². The lowest BCUT2D eigenvalue weighted by Crippen LogP contribution is -2.57. The van der Waals surface area contributed by atoms with Crippen molar-refractivity contribution in [1.82, 2.24) is 14.8 Å². The quantitative estimate of drug-likeness (QED) is 0.869. The third kappa shape index (κ3) is 3.07. The minimum atomic E-state index is 0.245.